The van der Waals surface area contributed by atoms with E-state index in [0.717, 1.165) is 11.4 Å². The Labute approximate surface area is 135 Å². The fourth-order valence-electron chi connectivity index (χ4n) is 1.70. The van der Waals surface area contributed by atoms with Crippen LogP contribution in [-0.2, 0) is 0 Å². The van der Waals surface area contributed by atoms with Gasteiger partial charge in [0, 0.05) is 11.4 Å². The maximum atomic E-state index is 5.23. The maximum absolute atomic E-state index is 5.23. The van der Waals surface area contributed by atoms with Gasteiger partial charge in [0.25, 0.3) is 0 Å². The minimum Gasteiger partial charge on any atom is -0.332 e. The van der Waals surface area contributed by atoms with Crippen molar-refractivity contribution in [3.8, 4) is 0 Å². The molecule has 0 saturated heterocycles. The normalized spacial score (nSPS) is 9.81. The monoisotopic (exact) mass is 315 g/mol. The summed E-state index contributed by atoms with van der Waals surface area (Å²) < 4.78 is 0. The Bertz CT molecular complexity index is 576. The summed E-state index contributed by atoms with van der Waals surface area (Å²) in [6.45, 7) is 4.09. The Kier molecular flexibility index (Phi) is 5.25. The lowest BCUT2D eigenvalue weighted by molar-refractivity contribution is 1.38. The molecule has 0 aliphatic carbocycles. The first-order valence-electron chi connectivity index (χ1n) is 6.55. The van der Waals surface area contributed by atoms with E-state index in [2.05, 4.69) is 16.0 Å². The average molecular weight is 315 g/mol. The van der Waals surface area contributed by atoms with E-state index in [-0.39, 0.29) is 0 Å². The van der Waals surface area contributed by atoms with Crippen LogP contribution in [0.15, 0.2) is 48.5 Å². The van der Waals surface area contributed by atoms with Crippen molar-refractivity contribution in [3.05, 3.63) is 59.7 Å². The average Bonchev–Trinajstić information content (AvgIpc) is 2.44. The van der Waals surface area contributed by atoms with Crippen LogP contribution in [0.5, 0.6) is 0 Å². The highest BCUT2D eigenvalue weighted by atomic mass is 32.1. The summed E-state index contributed by atoms with van der Waals surface area (Å²) in [5.41, 5.74) is 4.26. The van der Waals surface area contributed by atoms with Crippen LogP contribution in [-0.4, -0.2) is 10.2 Å². The number of nitrogens with one attached hydrogen (secondary N) is 3. The third-order valence-corrected chi connectivity index (χ3v) is 3.25. The van der Waals surface area contributed by atoms with E-state index in [1.165, 1.54) is 11.1 Å². The number of hydrogen-bond donors (Lipinski definition) is 3. The summed E-state index contributed by atoms with van der Waals surface area (Å²) in [5.74, 6) is 0. The van der Waals surface area contributed by atoms with Crippen LogP contribution in [0.1, 0.15) is 11.1 Å². The van der Waals surface area contributed by atoms with Crippen LogP contribution in [0.4, 0.5) is 11.4 Å². The second-order valence-corrected chi connectivity index (χ2v) is 5.58. The molecule has 2 aromatic rings. The number of aryl methyl sites for hydroxylation is 2. The van der Waals surface area contributed by atoms with Crippen LogP contribution in [0.2, 0.25) is 0 Å². The Hall–Kier alpha value is -1.98. The molecule has 0 aliphatic heterocycles. The zero-order chi connectivity index (χ0) is 15.2. The van der Waals surface area contributed by atoms with Crippen LogP contribution in [0.3, 0.4) is 0 Å². The summed E-state index contributed by atoms with van der Waals surface area (Å²) in [6, 6.07) is 16.0. The number of thiocarbonyl (C=S) groups is 2. The van der Waals surface area contributed by atoms with Gasteiger partial charge in [-0.25, -0.2) is 0 Å². The van der Waals surface area contributed by atoms with E-state index >= 15 is 0 Å². The van der Waals surface area contributed by atoms with Gasteiger partial charge in [-0.1, -0.05) is 35.4 Å². The highest BCUT2D eigenvalue weighted by molar-refractivity contribution is 7.82. The van der Waals surface area contributed by atoms with E-state index in [9.17, 15) is 0 Å². The van der Waals surface area contributed by atoms with E-state index in [1.807, 2.05) is 62.4 Å². The number of anilines is 2. The Morgan fingerprint density at radius 3 is 1.33 bits per heavy atom. The van der Waals surface area contributed by atoms with Crippen LogP contribution < -0.4 is 16.0 Å². The number of benzene rings is 2. The molecule has 0 saturated carbocycles. The van der Waals surface area contributed by atoms with Crippen molar-refractivity contribution >= 4 is 46.0 Å². The van der Waals surface area contributed by atoms with Gasteiger partial charge in [0.1, 0.15) is 0 Å². The summed E-state index contributed by atoms with van der Waals surface area (Å²) in [5, 5.41) is 10.0. The van der Waals surface area contributed by atoms with Crippen molar-refractivity contribution in [2.45, 2.75) is 13.8 Å². The fraction of sp³-hybridized carbons (Fsp3) is 0.125. The van der Waals surface area contributed by atoms with Crippen molar-refractivity contribution in [3.63, 3.8) is 0 Å². The molecule has 2 rings (SSSR count). The molecule has 0 heterocycles. The van der Waals surface area contributed by atoms with Crippen molar-refractivity contribution in [1.29, 1.82) is 0 Å². The molecule has 2 aromatic carbocycles. The molecule has 0 bridgehead atoms. The molecule has 0 aliphatic rings. The smallest absolute Gasteiger partial charge is 0.177 e. The lowest BCUT2D eigenvalue weighted by Crippen LogP contribution is -2.37. The topological polar surface area (TPSA) is 36.1 Å². The number of rotatable bonds is 2. The molecular weight excluding hydrogens is 298 g/mol. The molecule has 5 heteroatoms. The minimum atomic E-state index is 0.462. The first kappa shape index (κ1) is 15.4. The third-order valence-electron chi connectivity index (χ3n) is 2.85. The number of hydrogen-bond acceptors (Lipinski definition) is 2. The zero-order valence-corrected chi connectivity index (χ0v) is 13.6. The summed E-state index contributed by atoms with van der Waals surface area (Å²) in [4.78, 5) is 0. The summed E-state index contributed by atoms with van der Waals surface area (Å²) in [6.07, 6.45) is 0. The van der Waals surface area contributed by atoms with Gasteiger partial charge in [0.2, 0.25) is 0 Å². The molecule has 0 radical (unpaired) electrons. The zero-order valence-electron chi connectivity index (χ0n) is 11.9. The molecule has 0 aromatic heterocycles. The van der Waals surface area contributed by atoms with Crippen molar-refractivity contribution in [2.75, 3.05) is 10.6 Å². The maximum Gasteiger partial charge on any atom is 0.177 e. The molecule has 3 N–H and O–H groups in total. The van der Waals surface area contributed by atoms with Crippen molar-refractivity contribution < 1.29 is 0 Å². The van der Waals surface area contributed by atoms with Crippen molar-refractivity contribution in [2.24, 2.45) is 0 Å². The highest BCUT2D eigenvalue weighted by Gasteiger charge is 2.01. The van der Waals surface area contributed by atoms with E-state index in [1.54, 1.807) is 0 Å². The molecule has 21 heavy (non-hydrogen) atoms. The summed E-state index contributed by atoms with van der Waals surface area (Å²) >= 11 is 10.5. The first-order chi connectivity index (χ1) is 10.0. The SMILES string of the molecule is Cc1ccc(NC(=S)NC(=S)Nc2ccc(C)cc2)cc1. The van der Waals surface area contributed by atoms with Gasteiger partial charge in [0.15, 0.2) is 10.2 Å². The summed E-state index contributed by atoms with van der Waals surface area (Å²) in [7, 11) is 0. The van der Waals surface area contributed by atoms with Gasteiger partial charge in [-0.05, 0) is 62.5 Å². The predicted octanol–water partition coefficient (Wildman–Crippen LogP) is 3.99. The standard InChI is InChI=1S/C16H17N3S2/c1-11-3-7-13(8-4-11)17-15(20)19-16(21)18-14-9-5-12(2)6-10-14/h3-10H,1-2H3,(H3,17,18,19,20,21). The molecule has 3 nitrogen and oxygen atoms in total. The predicted molar refractivity (Wildman–Crippen MR) is 97.9 cm³/mol. The Morgan fingerprint density at radius 1 is 0.667 bits per heavy atom. The van der Waals surface area contributed by atoms with E-state index in [0.29, 0.717) is 10.2 Å². The second kappa shape index (κ2) is 7.15. The molecular formula is C16H17N3S2. The quantitative estimate of drug-likeness (QED) is 0.731. The van der Waals surface area contributed by atoms with Crippen LogP contribution >= 0.6 is 24.4 Å². The third kappa shape index (κ3) is 5.13. The van der Waals surface area contributed by atoms with Gasteiger partial charge in [0.05, 0.1) is 0 Å². The van der Waals surface area contributed by atoms with Crippen LogP contribution in [0.25, 0.3) is 0 Å². The van der Waals surface area contributed by atoms with Gasteiger partial charge in [-0.3, -0.25) is 0 Å². The molecule has 0 unspecified atom stereocenters. The lowest BCUT2D eigenvalue weighted by Gasteiger charge is -2.13. The van der Waals surface area contributed by atoms with Gasteiger partial charge in [-0.2, -0.15) is 0 Å². The van der Waals surface area contributed by atoms with E-state index in [4.69, 9.17) is 24.4 Å². The van der Waals surface area contributed by atoms with Crippen LogP contribution in [0, 0.1) is 13.8 Å². The fourth-order valence-corrected chi connectivity index (χ4v) is 2.21. The Morgan fingerprint density at radius 2 is 1.00 bits per heavy atom. The molecule has 0 amide bonds. The van der Waals surface area contributed by atoms with Gasteiger partial charge < -0.3 is 16.0 Å². The second-order valence-electron chi connectivity index (χ2n) is 4.77. The first-order valence-corrected chi connectivity index (χ1v) is 7.37. The molecule has 108 valence electrons. The van der Waals surface area contributed by atoms with Gasteiger partial charge in [-0.15, -0.1) is 0 Å². The molecule has 0 atom stereocenters. The lowest BCUT2D eigenvalue weighted by atomic mass is 10.2. The molecule has 0 fully saturated rings. The highest BCUT2D eigenvalue weighted by Crippen LogP contribution is 2.09. The minimum absolute atomic E-state index is 0.462. The Balaban J connectivity index is 1.85. The van der Waals surface area contributed by atoms with E-state index < -0.39 is 0 Å². The van der Waals surface area contributed by atoms with Gasteiger partial charge >= 0.3 is 0 Å². The largest absolute Gasteiger partial charge is 0.332 e. The molecule has 0 spiro atoms. The van der Waals surface area contributed by atoms with Crippen molar-refractivity contribution in [1.82, 2.24) is 5.32 Å².